The molecule has 1 aromatic rings. The van der Waals surface area contributed by atoms with Crippen LogP contribution in [0.3, 0.4) is 0 Å². The third kappa shape index (κ3) is 4.58. The molecular weight excluding hydrogens is 201 g/mol. The van der Waals surface area contributed by atoms with Crippen LogP contribution in [0.25, 0.3) is 6.08 Å². The largest absolute Gasteiger partial charge is 0.313 e. The van der Waals surface area contributed by atoms with Gasteiger partial charge in [0.05, 0.1) is 0 Å². The van der Waals surface area contributed by atoms with Crippen LogP contribution >= 0.6 is 0 Å². The lowest BCUT2D eigenvalue weighted by Crippen LogP contribution is -2.19. The van der Waals surface area contributed by atoms with Crippen molar-refractivity contribution in [1.29, 1.82) is 0 Å². The topological polar surface area (TPSA) is 12.0 Å². The summed E-state index contributed by atoms with van der Waals surface area (Å²) in [6.07, 6.45) is 4.10. The SMILES string of the molecule is Cc1cc(F)ccc1C=CCNCC(C)C. The van der Waals surface area contributed by atoms with E-state index in [1.54, 1.807) is 6.07 Å². The molecule has 0 amide bonds. The zero-order valence-corrected chi connectivity index (χ0v) is 10.3. The smallest absolute Gasteiger partial charge is 0.123 e. The highest BCUT2D eigenvalue weighted by Gasteiger charge is 1.95. The van der Waals surface area contributed by atoms with E-state index in [2.05, 4.69) is 25.2 Å². The molecule has 88 valence electrons. The van der Waals surface area contributed by atoms with Crippen LogP contribution in [-0.4, -0.2) is 13.1 Å². The lowest BCUT2D eigenvalue weighted by molar-refractivity contribution is 0.577. The lowest BCUT2D eigenvalue weighted by atomic mass is 10.1. The van der Waals surface area contributed by atoms with Crippen molar-refractivity contribution < 1.29 is 4.39 Å². The van der Waals surface area contributed by atoms with Gasteiger partial charge in [-0.15, -0.1) is 0 Å². The molecule has 0 heterocycles. The Labute approximate surface area is 97.4 Å². The maximum absolute atomic E-state index is 12.8. The molecule has 0 bridgehead atoms. The zero-order valence-electron chi connectivity index (χ0n) is 10.3. The molecule has 1 nitrogen and oxygen atoms in total. The Hall–Kier alpha value is -1.15. The Morgan fingerprint density at radius 3 is 2.75 bits per heavy atom. The molecule has 0 radical (unpaired) electrons. The Kier molecular flexibility index (Phi) is 5.20. The van der Waals surface area contributed by atoms with Gasteiger partial charge in [0.25, 0.3) is 0 Å². The molecule has 2 heteroatoms. The average Bonchev–Trinajstić information content (AvgIpc) is 2.20. The van der Waals surface area contributed by atoms with E-state index in [1.165, 1.54) is 6.07 Å². The molecule has 0 spiro atoms. The summed E-state index contributed by atoms with van der Waals surface area (Å²) in [5, 5.41) is 3.33. The number of hydrogen-bond acceptors (Lipinski definition) is 1. The van der Waals surface area contributed by atoms with Gasteiger partial charge in [0, 0.05) is 6.54 Å². The summed E-state index contributed by atoms with van der Waals surface area (Å²) in [5.41, 5.74) is 2.05. The first kappa shape index (κ1) is 12.9. The third-order valence-corrected chi connectivity index (χ3v) is 2.34. The van der Waals surface area contributed by atoms with Crippen LogP contribution < -0.4 is 5.32 Å². The minimum Gasteiger partial charge on any atom is -0.313 e. The summed E-state index contributed by atoms with van der Waals surface area (Å²) >= 11 is 0. The fourth-order valence-electron chi connectivity index (χ4n) is 1.47. The Morgan fingerprint density at radius 2 is 2.12 bits per heavy atom. The summed E-state index contributed by atoms with van der Waals surface area (Å²) < 4.78 is 12.8. The van der Waals surface area contributed by atoms with E-state index >= 15 is 0 Å². The van der Waals surface area contributed by atoms with Crippen LogP contribution in [0.15, 0.2) is 24.3 Å². The Morgan fingerprint density at radius 1 is 1.38 bits per heavy atom. The molecule has 0 fully saturated rings. The molecule has 0 aliphatic rings. The van der Waals surface area contributed by atoms with Crippen LogP contribution in [0.5, 0.6) is 0 Å². The summed E-state index contributed by atoms with van der Waals surface area (Å²) in [5.74, 6) is 0.494. The summed E-state index contributed by atoms with van der Waals surface area (Å²) in [7, 11) is 0. The minimum absolute atomic E-state index is 0.174. The number of aryl methyl sites for hydroxylation is 1. The normalized spacial score (nSPS) is 11.6. The Balaban J connectivity index is 2.44. The number of hydrogen-bond donors (Lipinski definition) is 1. The van der Waals surface area contributed by atoms with E-state index < -0.39 is 0 Å². The van der Waals surface area contributed by atoms with E-state index in [0.717, 1.165) is 24.2 Å². The molecule has 1 rings (SSSR count). The highest BCUT2D eigenvalue weighted by Crippen LogP contribution is 2.11. The molecule has 0 saturated heterocycles. The van der Waals surface area contributed by atoms with Crippen molar-refractivity contribution in [1.82, 2.24) is 5.32 Å². The van der Waals surface area contributed by atoms with Crippen LogP contribution in [0.1, 0.15) is 25.0 Å². The second-order valence-corrected chi connectivity index (χ2v) is 4.46. The summed E-state index contributed by atoms with van der Waals surface area (Å²) in [6.45, 7) is 8.16. The standard InChI is InChI=1S/C14H20FN/c1-11(2)10-16-8-4-5-13-6-7-14(15)9-12(13)3/h4-7,9,11,16H,8,10H2,1-3H3. The first-order valence-electron chi connectivity index (χ1n) is 5.73. The van der Waals surface area contributed by atoms with E-state index in [4.69, 9.17) is 0 Å². The van der Waals surface area contributed by atoms with Crippen LogP contribution in [0.2, 0.25) is 0 Å². The first-order valence-corrected chi connectivity index (χ1v) is 5.73. The maximum atomic E-state index is 12.8. The van der Waals surface area contributed by atoms with Crippen molar-refractivity contribution in [2.75, 3.05) is 13.1 Å². The van der Waals surface area contributed by atoms with Gasteiger partial charge in [-0.3, -0.25) is 0 Å². The fourth-order valence-corrected chi connectivity index (χ4v) is 1.47. The predicted octanol–water partition coefficient (Wildman–Crippen LogP) is 3.39. The molecule has 0 aliphatic heterocycles. The van der Waals surface area contributed by atoms with Crippen LogP contribution in [-0.2, 0) is 0 Å². The zero-order chi connectivity index (χ0) is 12.0. The molecule has 16 heavy (non-hydrogen) atoms. The molecule has 0 unspecified atom stereocenters. The second-order valence-electron chi connectivity index (χ2n) is 4.46. The molecular formula is C14H20FN. The molecule has 1 aromatic carbocycles. The van der Waals surface area contributed by atoms with Gasteiger partial charge in [0.2, 0.25) is 0 Å². The molecule has 0 atom stereocenters. The van der Waals surface area contributed by atoms with Crippen LogP contribution in [0, 0.1) is 18.7 Å². The van der Waals surface area contributed by atoms with Gasteiger partial charge in [-0.2, -0.15) is 0 Å². The molecule has 1 N–H and O–H groups in total. The van der Waals surface area contributed by atoms with Gasteiger partial charge >= 0.3 is 0 Å². The van der Waals surface area contributed by atoms with Gasteiger partial charge in [0.1, 0.15) is 5.82 Å². The quantitative estimate of drug-likeness (QED) is 0.751. The van der Waals surface area contributed by atoms with E-state index in [0.29, 0.717) is 5.92 Å². The van der Waals surface area contributed by atoms with Crippen molar-refractivity contribution in [2.24, 2.45) is 5.92 Å². The van der Waals surface area contributed by atoms with Crippen molar-refractivity contribution in [2.45, 2.75) is 20.8 Å². The minimum atomic E-state index is -0.174. The lowest BCUT2D eigenvalue weighted by Gasteiger charge is -2.04. The molecule has 0 aromatic heterocycles. The summed E-state index contributed by atoms with van der Waals surface area (Å²) in [4.78, 5) is 0. The van der Waals surface area contributed by atoms with Crippen molar-refractivity contribution in [3.05, 3.63) is 41.2 Å². The number of rotatable bonds is 5. The monoisotopic (exact) mass is 221 g/mol. The highest BCUT2D eigenvalue weighted by molar-refractivity contribution is 5.53. The first-order chi connectivity index (χ1) is 7.59. The number of halogens is 1. The van der Waals surface area contributed by atoms with E-state index in [-0.39, 0.29) is 5.82 Å². The van der Waals surface area contributed by atoms with Gasteiger partial charge in [-0.05, 0) is 42.6 Å². The van der Waals surface area contributed by atoms with Gasteiger partial charge in [-0.1, -0.05) is 32.1 Å². The highest BCUT2D eigenvalue weighted by atomic mass is 19.1. The van der Waals surface area contributed by atoms with Gasteiger partial charge in [-0.25, -0.2) is 4.39 Å². The average molecular weight is 221 g/mol. The fraction of sp³-hybridized carbons (Fsp3) is 0.429. The predicted molar refractivity (Wildman–Crippen MR) is 67.9 cm³/mol. The summed E-state index contributed by atoms with van der Waals surface area (Å²) in [6, 6.07) is 4.86. The van der Waals surface area contributed by atoms with E-state index in [9.17, 15) is 4.39 Å². The van der Waals surface area contributed by atoms with Crippen LogP contribution in [0.4, 0.5) is 4.39 Å². The van der Waals surface area contributed by atoms with Gasteiger partial charge in [0.15, 0.2) is 0 Å². The number of nitrogens with one attached hydrogen (secondary N) is 1. The Bertz CT molecular complexity index is 356. The molecule has 0 saturated carbocycles. The maximum Gasteiger partial charge on any atom is 0.123 e. The number of benzene rings is 1. The van der Waals surface area contributed by atoms with Crippen molar-refractivity contribution >= 4 is 6.08 Å². The van der Waals surface area contributed by atoms with Crippen molar-refractivity contribution in [3.8, 4) is 0 Å². The third-order valence-electron chi connectivity index (χ3n) is 2.34. The van der Waals surface area contributed by atoms with E-state index in [1.807, 2.05) is 19.1 Å². The van der Waals surface area contributed by atoms with Crippen molar-refractivity contribution in [3.63, 3.8) is 0 Å². The second kappa shape index (κ2) is 6.44. The molecule has 0 aliphatic carbocycles. The van der Waals surface area contributed by atoms with Gasteiger partial charge < -0.3 is 5.32 Å².